The Bertz CT molecular complexity index is 642. The van der Waals surface area contributed by atoms with Gasteiger partial charge < -0.3 is 14.6 Å². The highest BCUT2D eigenvalue weighted by Gasteiger charge is 2.21. The summed E-state index contributed by atoms with van der Waals surface area (Å²) in [5.74, 6) is 1.97. The van der Waals surface area contributed by atoms with E-state index in [4.69, 9.17) is 9.26 Å². The zero-order valence-electron chi connectivity index (χ0n) is 14.0. The Morgan fingerprint density at radius 1 is 1.26 bits per heavy atom. The molecule has 124 valence electrons. The van der Waals surface area contributed by atoms with Gasteiger partial charge in [0.15, 0.2) is 5.82 Å². The molecule has 1 heterocycles. The molecule has 2 aromatic rings. The SMILES string of the molecule is COc1ccc(CC(=O)NCCc2noc(C(C)(C)C)n2)cc1. The number of nitrogens with zero attached hydrogens (tertiary/aromatic N) is 2. The summed E-state index contributed by atoms with van der Waals surface area (Å²) >= 11 is 0. The summed E-state index contributed by atoms with van der Waals surface area (Å²) in [6.45, 7) is 6.53. The average molecular weight is 317 g/mol. The van der Waals surface area contributed by atoms with Crippen LogP contribution < -0.4 is 10.1 Å². The van der Waals surface area contributed by atoms with E-state index in [0.29, 0.717) is 31.1 Å². The van der Waals surface area contributed by atoms with Gasteiger partial charge >= 0.3 is 0 Å². The first kappa shape index (κ1) is 17.0. The maximum absolute atomic E-state index is 11.9. The maximum Gasteiger partial charge on any atom is 0.232 e. The number of hydrogen-bond donors (Lipinski definition) is 1. The monoisotopic (exact) mass is 317 g/mol. The third kappa shape index (κ3) is 5.09. The number of amides is 1. The molecule has 6 nitrogen and oxygen atoms in total. The van der Waals surface area contributed by atoms with Crippen molar-refractivity contribution in [2.75, 3.05) is 13.7 Å². The smallest absolute Gasteiger partial charge is 0.232 e. The lowest BCUT2D eigenvalue weighted by Gasteiger charge is -2.10. The van der Waals surface area contributed by atoms with Crippen LogP contribution in [0.15, 0.2) is 28.8 Å². The molecule has 23 heavy (non-hydrogen) atoms. The van der Waals surface area contributed by atoms with Gasteiger partial charge in [-0.2, -0.15) is 4.98 Å². The fourth-order valence-electron chi connectivity index (χ4n) is 1.97. The van der Waals surface area contributed by atoms with E-state index in [0.717, 1.165) is 11.3 Å². The number of carbonyl (C=O) groups excluding carboxylic acids is 1. The molecule has 0 radical (unpaired) electrons. The van der Waals surface area contributed by atoms with Crippen molar-refractivity contribution in [1.82, 2.24) is 15.5 Å². The number of aromatic nitrogens is 2. The lowest BCUT2D eigenvalue weighted by molar-refractivity contribution is -0.120. The van der Waals surface area contributed by atoms with Crippen LogP contribution in [-0.2, 0) is 23.1 Å². The summed E-state index contributed by atoms with van der Waals surface area (Å²) in [7, 11) is 1.62. The zero-order valence-corrected chi connectivity index (χ0v) is 14.0. The van der Waals surface area contributed by atoms with Crippen molar-refractivity contribution in [2.24, 2.45) is 0 Å². The molecule has 0 saturated heterocycles. The molecule has 0 aliphatic carbocycles. The third-order valence-corrected chi connectivity index (χ3v) is 3.30. The van der Waals surface area contributed by atoms with Crippen molar-refractivity contribution in [3.05, 3.63) is 41.5 Å². The lowest BCUT2D eigenvalue weighted by atomic mass is 9.97. The Labute approximate surface area is 136 Å². The summed E-state index contributed by atoms with van der Waals surface area (Å²) < 4.78 is 10.3. The summed E-state index contributed by atoms with van der Waals surface area (Å²) in [5, 5.41) is 6.80. The highest BCUT2D eigenvalue weighted by atomic mass is 16.5. The average Bonchev–Trinajstić information content (AvgIpc) is 2.97. The molecule has 0 aliphatic rings. The highest BCUT2D eigenvalue weighted by molar-refractivity contribution is 5.78. The number of hydrogen-bond acceptors (Lipinski definition) is 5. The van der Waals surface area contributed by atoms with Crippen LogP contribution in [0.25, 0.3) is 0 Å². The predicted octanol–water partition coefficient (Wildman–Crippen LogP) is 2.28. The van der Waals surface area contributed by atoms with Crippen molar-refractivity contribution in [3.63, 3.8) is 0 Å². The van der Waals surface area contributed by atoms with E-state index in [9.17, 15) is 4.79 Å². The quantitative estimate of drug-likeness (QED) is 0.884. The Morgan fingerprint density at radius 3 is 2.52 bits per heavy atom. The van der Waals surface area contributed by atoms with Gasteiger partial charge in [-0.25, -0.2) is 0 Å². The molecule has 0 bridgehead atoms. The van der Waals surface area contributed by atoms with Gasteiger partial charge in [0.2, 0.25) is 11.8 Å². The first-order chi connectivity index (χ1) is 10.9. The van der Waals surface area contributed by atoms with Crippen molar-refractivity contribution in [3.8, 4) is 5.75 Å². The van der Waals surface area contributed by atoms with Gasteiger partial charge in [-0.15, -0.1) is 0 Å². The zero-order chi connectivity index (χ0) is 16.9. The van der Waals surface area contributed by atoms with E-state index in [-0.39, 0.29) is 11.3 Å². The van der Waals surface area contributed by atoms with Crippen LogP contribution in [0.5, 0.6) is 5.75 Å². The molecule has 0 fully saturated rings. The standard InChI is InChI=1S/C17H23N3O3/c1-17(2,3)16-19-14(20-23-16)9-10-18-15(21)11-12-5-7-13(22-4)8-6-12/h5-8H,9-11H2,1-4H3,(H,18,21). The Morgan fingerprint density at radius 2 is 1.96 bits per heavy atom. The Hall–Kier alpha value is -2.37. The van der Waals surface area contributed by atoms with Gasteiger partial charge in [0.05, 0.1) is 13.5 Å². The van der Waals surface area contributed by atoms with Gasteiger partial charge in [0.1, 0.15) is 5.75 Å². The summed E-state index contributed by atoms with van der Waals surface area (Å²) in [5.41, 5.74) is 0.779. The van der Waals surface area contributed by atoms with E-state index in [1.807, 2.05) is 45.0 Å². The maximum atomic E-state index is 11.9. The minimum atomic E-state index is -0.164. The highest BCUT2D eigenvalue weighted by Crippen LogP contribution is 2.19. The van der Waals surface area contributed by atoms with E-state index in [1.54, 1.807) is 7.11 Å². The van der Waals surface area contributed by atoms with Gasteiger partial charge in [-0.05, 0) is 17.7 Å². The topological polar surface area (TPSA) is 77.2 Å². The van der Waals surface area contributed by atoms with E-state index >= 15 is 0 Å². The van der Waals surface area contributed by atoms with Crippen LogP contribution in [0, 0.1) is 0 Å². The van der Waals surface area contributed by atoms with Crippen LogP contribution >= 0.6 is 0 Å². The molecule has 0 aliphatic heterocycles. The van der Waals surface area contributed by atoms with Crippen LogP contribution in [0.3, 0.4) is 0 Å². The van der Waals surface area contributed by atoms with Crippen LogP contribution in [0.4, 0.5) is 0 Å². The van der Waals surface area contributed by atoms with Crippen molar-refractivity contribution in [2.45, 2.75) is 39.0 Å². The fraction of sp³-hybridized carbons (Fsp3) is 0.471. The Kier molecular flexibility index (Phi) is 5.36. The third-order valence-electron chi connectivity index (χ3n) is 3.30. The fourth-order valence-corrected chi connectivity index (χ4v) is 1.97. The van der Waals surface area contributed by atoms with Crippen LogP contribution in [0.1, 0.15) is 38.0 Å². The molecule has 2 rings (SSSR count). The summed E-state index contributed by atoms with van der Waals surface area (Å²) in [6.07, 6.45) is 0.886. The van der Waals surface area contributed by atoms with E-state index in [1.165, 1.54) is 0 Å². The minimum absolute atomic E-state index is 0.0327. The molecule has 1 N–H and O–H groups in total. The van der Waals surface area contributed by atoms with Gasteiger partial charge in [0.25, 0.3) is 0 Å². The molecule has 0 unspecified atom stereocenters. The predicted molar refractivity (Wildman–Crippen MR) is 86.4 cm³/mol. The Balaban J connectivity index is 1.77. The number of nitrogens with one attached hydrogen (secondary N) is 1. The minimum Gasteiger partial charge on any atom is -0.497 e. The summed E-state index contributed by atoms with van der Waals surface area (Å²) in [4.78, 5) is 16.3. The van der Waals surface area contributed by atoms with Crippen LogP contribution in [-0.4, -0.2) is 29.7 Å². The number of rotatable bonds is 6. The first-order valence-electron chi connectivity index (χ1n) is 7.61. The second-order valence-corrected chi connectivity index (χ2v) is 6.39. The molecule has 0 saturated carbocycles. The molecule has 1 aromatic heterocycles. The van der Waals surface area contributed by atoms with Crippen molar-refractivity contribution < 1.29 is 14.1 Å². The number of benzene rings is 1. The molecule has 6 heteroatoms. The normalized spacial score (nSPS) is 11.3. The molecular formula is C17H23N3O3. The second kappa shape index (κ2) is 7.26. The van der Waals surface area contributed by atoms with Gasteiger partial charge in [-0.3, -0.25) is 4.79 Å². The van der Waals surface area contributed by atoms with Crippen molar-refractivity contribution in [1.29, 1.82) is 0 Å². The van der Waals surface area contributed by atoms with E-state index in [2.05, 4.69) is 15.5 Å². The molecular weight excluding hydrogens is 294 g/mol. The van der Waals surface area contributed by atoms with E-state index < -0.39 is 0 Å². The second-order valence-electron chi connectivity index (χ2n) is 6.39. The first-order valence-corrected chi connectivity index (χ1v) is 7.61. The lowest BCUT2D eigenvalue weighted by Crippen LogP contribution is -2.27. The largest absolute Gasteiger partial charge is 0.497 e. The number of carbonyl (C=O) groups is 1. The number of ether oxygens (including phenoxy) is 1. The molecule has 0 spiro atoms. The van der Waals surface area contributed by atoms with Crippen molar-refractivity contribution >= 4 is 5.91 Å². The molecule has 0 atom stereocenters. The number of methoxy groups -OCH3 is 1. The van der Waals surface area contributed by atoms with Gasteiger partial charge in [0, 0.05) is 18.4 Å². The van der Waals surface area contributed by atoms with Gasteiger partial charge in [-0.1, -0.05) is 38.1 Å². The molecule has 1 aromatic carbocycles. The van der Waals surface area contributed by atoms with Crippen LogP contribution in [0.2, 0.25) is 0 Å². The summed E-state index contributed by atoms with van der Waals surface area (Å²) in [6, 6.07) is 7.45. The molecule has 1 amide bonds.